The number of phenols is 1. The van der Waals surface area contributed by atoms with Gasteiger partial charge in [-0.25, -0.2) is 4.98 Å². The molecule has 0 aliphatic carbocycles. The SMILES string of the molecule is CCOc1c(O)cccc1C(=O)c1c[nH]c2nccc([Si](C(C)C)(C(C)C)C(C)C)c12. The van der Waals surface area contributed by atoms with Crippen molar-refractivity contribution < 1.29 is 14.6 Å². The van der Waals surface area contributed by atoms with Crippen molar-refractivity contribution in [1.82, 2.24) is 9.97 Å². The average Bonchev–Trinajstić information content (AvgIpc) is 3.13. The zero-order chi connectivity index (χ0) is 22.9. The van der Waals surface area contributed by atoms with Crippen molar-refractivity contribution in [3.63, 3.8) is 0 Å². The van der Waals surface area contributed by atoms with E-state index in [-0.39, 0.29) is 17.3 Å². The number of benzene rings is 1. The highest BCUT2D eigenvalue weighted by Gasteiger charge is 2.46. The van der Waals surface area contributed by atoms with E-state index in [1.54, 1.807) is 18.3 Å². The molecule has 0 bridgehead atoms. The summed E-state index contributed by atoms with van der Waals surface area (Å²) in [5, 5.41) is 12.5. The van der Waals surface area contributed by atoms with Gasteiger partial charge in [0, 0.05) is 23.3 Å². The number of pyridine rings is 1. The van der Waals surface area contributed by atoms with Crippen LogP contribution in [-0.2, 0) is 0 Å². The fourth-order valence-corrected chi connectivity index (χ4v) is 12.6. The third-order valence-electron chi connectivity index (χ3n) is 6.68. The number of ketones is 1. The number of nitrogens with zero attached hydrogens (tertiary/aromatic N) is 1. The highest BCUT2D eigenvalue weighted by molar-refractivity contribution is 6.96. The quantitative estimate of drug-likeness (QED) is 0.345. The summed E-state index contributed by atoms with van der Waals surface area (Å²) in [5.41, 5.74) is 3.17. The average molecular weight is 439 g/mol. The van der Waals surface area contributed by atoms with Crippen LogP contribution in [0.25, 0.3) is 11.0 Å². The number of para-hydroxylation sites is 1. The van der Waals surface area contributed by atoms with Crippen LogP contribution in [0.1, 0.15) is 64.4 Å². The molecule has 0 radical (unpaired) electrons. The summed E-state index contributed by atoms with van der Waals surface area (Å²) in [6, 6.07) is 7.05. The van der Waals surface area contributed by atoms with Crippen LogP contribution < -0.4 is 9.92 Å². The lowest BCUT2D eigenvalue weighted by Gasteiger charge is -2.44. The molecule has 0 spiro atoms. The van der Waals surface area contributed by atoms with Gasteiger partial charge >= 0.3 is 0 Å². The number of rotatable bonds is 8. The van der Waals surface area contributed by atoms with E-state index < -0.39 is 8.07 Å². The molecule has 0 saturated carbocycles. The molecule has 0 saturated heterocycles. The van der Waals surface area contributed by atoms with E-state index in [0.29, 0.717) is 34.4 Å². The molecule has 0 aliphatic rings. The van der Waals surface area contributed by atoms with Gasteiger partial charge in [-0.05, 0) is 46.9 Å². The Morgan fingerprint density at radius 3 is 2.29 bits per heavy atom. The summed E-state index contributed by atoms with van der Waals surface area (Å²) in [7, 11) is -2.04. The van der Waals surface area contributed by atoms with Crippen LogP contribution in [0.2, 0.25) is 16.6 Å². The van der Waals surface area contributed by atoms with Crippen LogP contribution in [0, 0.1) is 0 Å². The highest BCUT2D eigenvalue weighted by Crippen LogP contribution is 2.43. The van der Waals surface area contributed by atoms with Gasteiger partial charge in [-0.1, -0.05) is 47.6 Å². The molecule has 31 heavy (non-hydrogen) atoms. The Hall–Kier alpha value is -2.60. The number of ether oxygens (including phenoxy) is 1. The van der Waals surface area contributed by atoms with Crippen molar-refractivity contribution in [3.05, 3.63) is 47.8 Å². The van der Waals surface area contributed by atoms with Gasteiger partial charge in [-0.2, -0.15) is 0 Å². The number of aromatic nitrogens is 2. The van der Waals surface area contributed by atoms with E-state index >= 15 is 0 Å². The Labute approximate surface area is 185 Å². The summed E-state index contributed by atoms with van der Waals surface area (Å²) in [6.07, 6.45) is 3.61. The number of H-pyrrole nitrogens is 1. The molecule has 0 amide bonds. The fourth-order valence-electron chi connectivity index (χ4n) is 5.67. The van der Waals surface area contributed by atoms with Crippen LogP contribution >= 0.6 is 0 Å². The molecule has 0 fully saturated rings. The second-order valence-electron chi connectivity index (χ2n) is 9.10. The molecular weight excluding hydrogens is 404 g/mol. The molecule has 0 aliphatic heterocycles. The number of fused-ring (bicyclic) bond motifs is 1. The summed E-state index contributed by atoms with van der Waals surface area (Å²) in [5.74, 6) is 0.0371. The Kier molecular flexibility index (Phi) is 6.60. The molecule has 166 valence electrons. The van der Waals surface area contributed by atoms with E-state index in [9.17, 15) is 9.90 Å². The maximum Gasteiger partial charge on any atom is 0.199 e. The predicted octanol–water partition coefficient (Wildman–Crippen LogP) is 5.78. The van der Waals surface area contributed by atoms with Crippen LogP contribution in [0.15, 0.2) is 36.7 Å². The van der Waals surface area contributed by atoms with Gasteiger partial charge < -0.3 is 14.8 Å². The summed E-state index contributed by atoms with van der Waals surface area (Å²) in [6.45, 7) is 16.1. The molecule has 2 N–H and O–H groups in total. The first-order chi connectivity index (χ1) is 14.7. The second-order valence-corrected chi connectivity index (χ2v) is 15.0. The Morgan fingerprint density at radius 1 is 1.06 bits per heavy atom. The zero-order valence-corrected chi connectivity index (χ0v) is 20.6. The van der Waals surface area contributed by atoms with Crippen LogP contribution in [0.4, 0.5) is 0 Å². The van der Waals surface area contributed by atoms with Crippen LogP contribution in [0.3, 0.4) is 0 Å². The molecule has 3 aromatic rings. The molecule has 3 rings (SSSR count). The minimum Gasteiger partial charge on any atom is -0.504 e. The van der Waals surface area contributed by atoms with Gasteiger partial charge in [0.2, 0.25) is 0 Å². The first-order valence-corrected chi connectivity index (χ1v) is 13.4. The minimum absolute atomic E-state index is 0.0267. The summed E-state index contributed by atoms with van der Waals surface area (Å²) >= 11 is 0. The predicted molar refractivity (Wildman–Crippen MR) is 129 cm³/mol. The summed E-state index contributed by atoms with van der Waals surface area (Å²) < 4.78 is 5.62. The third-order valence-corrected chi connectivity index (χ3v) is 13.8. The molecule has 2 heterocycles. The normalized spacial score (nSPS) is 12.3. The number of hydrogen-bond donors (Lipinski definition) is 2. The number of hydrogen-bond acceptors (Lipinski definition) is 4. The van der Waals surface area contributed by atoms with Crippen molar-refractivity contribution in [1.29, 1.82) is 0 Å². The van der Waals surface area contributed by atoms with E-state index in [1.165, 1.54) is 11.3 Å². The number of phenolic OH excluding ortho intramolecular Hbond substituents is 1. The van der Waals surface area contributed by atoms with Gasteiger partial charge in [0.05, 0.1) is 20.2 Å². The first-order valence-electron chi connectivity index (χ1n) is 11.1. The Bertz CT molecular complexity index is 1060. The molecule has 1 aromatic carbocycles. The smallest absolute Gasteiger partial charge is 0.199 e. The van der Waals surface area contributed by atoms with E-state index in [4.69, 9.17) is 4.74 Å². The molecule has 6 heteroatoms. The van der Waals surface area contributed by atoms with Crippen LogP contribution in [0.5, 0.6) is 11.5 Å². The Morgan fingerprint density at radius 2 is 1.71 bits per heavy atom. The van der Waals surface area contributed by atoms with Crippen molar-refractivity contribution >= 4 is 30.1 Å². The van der Waals surface area contributed by atoms with Crippen molar-refractivity contribution in [2.45, 2.75) is 65.1 Å². The minimum atomic E-state index is -2.04. The lowest BCUT2D eigenvalue weighted by Crippen LogP contribution is -2.56. The van der Waals surface area contributed by atoms with Crippen molar-refractivity contribution in [2.24, 2.45) is 0 Å². The number of aromatic amines is 1. The molecular formula is C25H34N2O3Si. The summed E-state index contributed by atoms with van der Waals surface area (Å²) in [4.78, 5) is 21.5. The number of carbonyl (C=O) groups excluding carboxylic acids is 1. The van der Waals surface area contributed by atoms with Gasteiger partial charge in [-0.3, -0.25) is 4.79 Å². The first kappa shape index (κ1) is 23.1. The third kappa shape index (κ3) is 3.67. The maximum absolute atomic E-state index is 13.7. The fraction of sp³-hybridized carbons (Fsp3) is 0.440. The maximum atomic E-state index is 13.7. The lowest BCUT2D eigenvalue weighted by atomic mass is 10.0. The zero-order valence-electron chi connectivity index (χ0n) is 19.6. The molecule has 0 atom stereocenters. The number of carbonyl (C=O) groups is 1. The van der Waals surface area contributed by atoms with Gasteiger partial charge in [-0.15, -0.1) is 0 Å². The lowest BCUT2D eigenvalue weighted by molar-refractivity contribution is 0.103. The standard InChI is InChI=1S/C25H34N2O3Si/c1-8-30-24-18(10-9-11-20(24)28)23(29)19-14-27-25-22(19)21(12-13-26-25)31(15(2)3,16(4)5)17(6)7/h9-17,28H,8H2,1-7H3,(H,26,27). The highest BCUT2D eigenvalue weighted by atomic mass is 28.3. The Balaban J connectivity index is 2.32. The number of aromatic hydroxyl groups is 1. The van der Waals surface area contributed by atoms with Gasteiger partial charge in [0.25, 0.3) is 0 Å². The van der Waals surface area contributed by atoms with E-state index in [2.05, 4.69) is 57.6 Å². The van der Waals surface area contributed by atoms with Crippen molar-refractivity contribution in [3.8, 4) is 11.5 Å². The van der Waals surface area contributed by atoms with Gasteiger partial charge in [0.1, 0.15) is 5.65 Å². The number of nitrogens with one attached hydrogen (secondary N) is 1. The van der Waals surface area contributed by atoms with E-state index in [0.717, 1.165) is 11.0 Å². The van der Waals surface area contributed by atoms with Crippen molar-refractivity contribution in [2.75, 3.05) is 6.61 Å². The second kappa shape index (κ2) is 8.87. The monoisotopic (exact) mass is 438 g/mol. The topological polar surface area (TPSA) is 75.2 Å². The molecule has 5 nitrogen and oxygen atoms in total. The van der Waals surface area contributed by atoms with E-state index in [1.807, 2.05) is 13.1 Å². The largest absolute Gasteiger partial charge is 0.504 e. The molecule has 2 aromatic heterocycles. The molecule has 0 unspecified atom stereocenters. The van der Waals surface area contributed by atoms with Crippen LogP contribution in [-0.4, -0.2) is 35.5 Å². The van der Waals surface area contributed by atoms with Gasteiger partial charge in [0.15, 0.2) is 17.3 Å².